The van der Waals surface area contributed by atoms with Crippen LogP contribution in [0.15, 0.2) is 41.8 Å². The second-order valence-corrected chi connectivity index (χ2v) is 9.09. The third-order valence-corrected chi connectivity index (χ3v) is 6.69. The zero-order valence-corrected chi connectivity index (χ0v) is 17.3. The summed E-state index contributed by atoms with van der Waals surface area (Å²) < 4.78 is 14.7. The molecule has 0 aliphatic heterocycles. The van der Waals surface area contributed by atoms with Gasteiger partial charge in [-0.25, -0.2) is 4.39 Å². The number of hydrogen-bond donors (Lipinski definition) is 1. The van der Waals surface area contributed by atoms with Crippen molar-refractivity contribution in [1.82, 2.24) is 10.2 Å². The predicted octanol–water partition coefficient (Wildman–Crippen LogP) is 4.61. The molecule has 4 rings (SSSR count). The number of benzene rings is 1. The molecule has 0 radical (unpaired) electrons. The maximum atomic E-state index is 14.7. The topological polar surface area (TPSA) is 49.4 Å². The molecule has 2 saturated carbocycles. The molecule has 1 atom stereocenters. The van der Waals surface area contributed by atoms with Crippen LogP contribution in [0.1, 0.15) is 61.4 Å². The summed E-state index contributed by atoms with van der Waals surface area (Å²) >= 11 is 1.53. The number of carbonyl (C=O) groups is 2. The summed E-state index contributed by atoms with van der Waals surface area (Å²) in [6.07, 6.45) is 7.24. The van der Waals surface area contributed by atoms with Gasteiger partial charge in [-0.1, -0.05) is 43.5 Å². The zero-order chi connectivity index (χ0) is 20.2. The maximum Gasteiger partial charge on any atom is 0.247 e. The molecule has 6 heteroatoms. The fourth-order valence-electron chi connectivity index (χ4n) is 4.21. The van der Waals surface area contributed by atoms with E-state index >= 15 is 0 Å². The zero-order valence-electron chi connectivity index (χ0n) is 16.5. The second kappa shape index (κ2) is 9.08. The summed E-state index contributed by atoms with van der Waals surface area (Å²) in [7, 11) is 0. The molecule has 2 aliphatic rings. The van der Waals surface area contributed by atoms with Crippen LogP contribution >= 0.6 is 11.3 Å². The van der Waals surface area contributed by atoms with Gasteiger partial charge in [0, 0.05) is 22.5 Å². The van der Waals surface area contributed by atoms with Crippen LogP contribution in [0.25, 0.3) is 0 Å². The first-order chi connectivity index (χ1) is 14.1. The highest BCUT2D eigenvalue weighted by atomic mass is 32.1. The first kappa shape index (κ1) is 20.1. The summed E-state index contributed by atoms with van der Waals surface area (Å²) in [6.45, 7) is 0. The van der Waals surface area contributed by atoms with E-state index in [4.69, 9.17) is 0 Å². The monoisotopic (exact) mass is 414 g/mol. The van der Waals surface area contributed by atoms with E-state index in [1.165, 1.54) is 23.8 Å². The first-order valence-electron chi connectivity index (χ1n) is 10.5. The summed E-state index contributed by atoms with van der Waals surface area (Å²) in [6, 6.07) is 9.38. The van der Waals surface area contributed by atoms with Gasteiger partial charge in [0.2, 0.25) is 11.8 Å². The van der Waals surface area contributed by atoms with Gasteiger partial charge in [0.15, 0.2) is 0 Å². The van der Waals surface area contributed by atoms with E-state index in [9.17, 15) is 14.0 Å². The molecule has 0 unspecified atom stereocenters. The fraction of sp³-hybridized carbons (Fsp3) is 0.478. The largest absolute Gasteiger partial charge is 0.351 e. The number of nitrogens with zero attached hydrogens (tertiary/aromatic N) is 1. The van der Waals surface area contributed by atoms with Crippen LogP contribution in [0, 0.1) is 5.82 Å². The standard InChI is InChI=1S/C23H27FN2O2S/c24-20-11-5-4-10-19(20)22(23(28)25-16-7-2-1-3-8-16)26(17-12-13-17)21(27)15-18-9-6-14-29-18/h4-6,9-11,14,16-17,22H,1-3,7-8,12-13,15H2,(H,25,28)/t22-/m1/s1. The van der Waals surface area contributed by atoms with Crippen LogP contribution in [0.2, 0.25) is 0 Å². The SMILES string of the molecule is O=C(NC1CCCCC1)[C@@H](c1ccccc1F)N(C(=O)Cc1cccs1)C1CC1. The highest BCUT2D eigenvalue weighted by Gasteiger charge is 2.42. The van der Waals surface area contributed by atoms with Gasteiger partial charge in [-0.2, -0.15) is 0 Å². The molecule has 0 saturated heterocycles. The van der Waals surface area contributed by atoms with Crippen LogP contribution in [-0.2, 0) is 16.0 Å². The summed E-state index contributed by atoms with van der Waals surface area (Å²) in [5.74, 6) is -0.804. The van der Waals surface area contributed by atoms with Gasteiger partial charge in [0.05, 0.1) is 6.42 Å². The van der Waals surface area contributed by atoms with Crippen molar-refractivity contribution in [2.45, 2.75) is 69.5 Å². The van der Waals surface area contributed by atoms with Crippen LogP contribution in [0.5, 0.6) is 0 Å². The number of amides is 2. The third kappa shape index (κ3) is 4.86. The summed E-state index contributed by atoms with van der Waals surface area (Å²) in [5, 5.41) is 5.06. The minimum absolute atomic E-state index is 0.00387. The van der Waals surface area contributed by atoms with Crippen LogP contribution in [0.4, 0.5) is 4.39 Å². The Kier molecular flexibility index (Phi) is 6.28. The lowest BCUT2D eigenvalue weighted by atomic mass is 9.94. The number of nitrogens with one attached hydrogen (secondary N) is 1. The Morgan fingerprint density at radius 1 is 1.07 bits per heavy atom. The van der Waals surface area contributed by atoms with Gasteiger partial charge in [-0.15, -0.1) is 11.3 Å². The Morgan fingerprint density at radius 3 is 2.48 bits per heavy atom. The molecule has 1 N–H and O–H groups in total. The van der Waals surface area contributed by atoms with Gasteiger partial charge < -0.3 is 10.2 Å². The molecule has 0 bridgehead atoms. The van der Waals surface area contributed by atoms with Crippen molar-refractivity contribution >= 4 is 23.2 Å². The smallest absolute Gasteiger partial charge is 0.247 e. The molecule has 0 spiro atoms. The number of hydrogen-bond acceptors (Lipinski definition) is 3. The van der Waals surface area contributed by atoms with Crippen molar-refractivity contribution in [2.75, 3.05) is 0 Å². The van der Waals surface area contributed by atoms with E-state index in [2.05, 4.69) is 5.32 Å². The summed E-state index contributed by atoms with van der Waals surface area (Å²) in [5.41, 5.74) is 0.284. The molecule has 4 nitrogen and oxygen atoms in total. The molecule has 1 aromatic heterocycles. The van der Waals surface area contributed by atoms with Crippen LogP contribution < -0.4 is 5.32 Å². The molecular weight excluding hydrogens is 387 g/mol. The second-order valence-electron chi connectivity index (χ2n) is 8.06. The first-order valence-corrected chi connectivity index (χ1v) is 11.4. The lowest BCUT2D eigenvalue weighted by Crippen LogP contribution is -2.48. The van der Waals surface area contributed by atoms with Crippen molar-refractivity contribution in [2.24, 2.45) is 0 Å². The van der Waals surface area contributed by atoms with Gasteiger partial charge in [-0.3, -0.25) is 9.59 Å². The quantitative estimate of drug-likeness (QED) is 0.719. The van der Waals surface area contributed by atoms with Crippen molar-refractivity contribution < 1.29 is 14.0 Å². The lowest BCUT2D eigenvalue weighted by molar-refractivity contribution is -0.141. The number of halogens is 1. The van der Waals surface area contributed by atoms with Gasteiger partial charge in [0.25, 0.3) is 0 Å². The van der Waals surface area contributed by atoms with Crippen molar-refractivity contribution in [3.63, 3.8) is 0 Å². The maximum absolute atomic E-state index is 14.7. The van der Waals surface area contributed by atoms with E-state index in [0.29, 0.717) is 0 Å². The highest BCUT2D eigenvalue weighted by molar-refractivity contribution is 7.10. The molecule has 2 amide bonds. The molecule has 2 aliphatic carbocycles. The van der Waals surface area contributed by atoms with Crippen molar-refractivity contribution in [3.8, 4) is 0 Å². The Bertz CT molecular complexity index is 844. The number of thiophene rings is 1. The fourth-order valence-corrected chi connectivity index (χ4v) is 4.90. The Morgan fingerprint density at radius 2 is 1.83 bits per heavy atom. The van der Waals surface area contributed by atoms with Gasteiger partial charge in [-0.05, 0) is 43.2 Å². The molecular formula is C23H27FN2O2S. The molecule has 2 aromatic rings. The van der Waals surface area contributed by atoms with E-state index in [-0.39, 0.29) is 35.9 Å². The average Bonchev–Trinajstić information content (AvgIpc) is 3.43. The van der Waals surface area contributed by atoms with E-state index in [1.807, 2.05) is 17.5 Å². The van der Waals surface area contributed by atoms with Crippen molar-refractivity contribution in [3.05, 3.63) is 58.0 Å². The van der Waals surface area contributed by atoms with E-state index in [0.717, 1.165) is 43.4 Å². The van der Waals surface area contributed by atoms with Crippen molar-refractivity contribution in [1.29, 1.82) is 0 Å². The minimum Gasteiger partial charge on any atom is -0.351 e. The van der Waals surface area contributed by atoms with Crippen LogP contribution in [0.3, 0.4) is 0 Å². The predicted molar refractivity (Wildman–Crippen MR) is 112 cm³/mol. The number of carbonyl (C=O) groups excluding carboxylic acids is 2. The molecule has 29 heavy (non-hydrogen) atoms. The molecule has 1 heterocycles. The third-order valence-electron chi connectivity index (χ3n) is 5.81. The van der Waals surface area contributed by atoms with E-state index < -0.39 is 11.9 Å². The number of rotatable bonds is 7. The van der Waals surface area contributed by atoms with Gasteiger partial charge in [0.1, 0.15) is 11.9 Å². The molecule has 2 fully saturated rings. The highest BCUT2D eigenvalue weighted by Crippen LogP contribution is 2.36. The Hall–Kier alpha value is -2.21. The normalized spacial score (nSPS) is 18.2. The average molecular weight is 415 g/mol. The lowest BCUT2D eigenvalue weighted by Gasteiger charge is -2.33. The van der Waals surface area contributed by atoms with Gasteiger partial charge >= 0.3 is 0 Å². The van der Waals surface area contributed by atoms with E-state index in [1.54, 1.807) is 23.1 Å². The molecule has 1 aromatic carbocycles. The van der Waals surface area contributed by atoms with Crippen LogP contribution in [-0.4, -0.2) is 28.8 Å². The minimum atomic E-state index is -0.918. The Labute approximate surface area is 175 Å². The summed E-state index contributed by atoms with van der Waals surface area (Å²) in [4.78, 5) is 29.2. The Balaban J connectivity index is 1.62. The molecule has 154 valence electrons.